The van der Waals surface area contributed by atoms with Crippen LogP contribution in [0, 0.1) is 5.92 Å². The van der Waals surface area contributed by atoms with E-state index in [2.05, 4.69) is 24.4 Å². The van der Waals surface area contributed by atoms with Crippen LogP contribution in [0.15, 0.2) is 12.2 Å². The molecular weight excluding hydrogens is 262 g/mol. The van der Waals surface area contributed by atoms with Crippen molar-refractivity contribution in [2.24, 2.45) is 5.92 Å². The molecule has 3 nitrogen and oxygen atoms in total. The second-order valence-corrected chi connectivity index (χ2v) is 6.31. The Hall–Kier alpha value is -0.380. The molecule has 0 aromatic rings. The highest BCUT2D eigenvalue weighted by Gasteiger charge is 2.10. The van der Waals surface area contributed by atoms with Crippen molar-refractivity contribution < 1.29 is 9.84 Å². The highest BCUT2D eigenvalue weighted by Crippen LogP contribution is 2.16. The Morgan fingerprint density at radius 3 is 2.76 bits per heavy atom. The Balaban J connectivity index is 1.83. The standard InChI is InChI=1S/C18H35NO2/c1-2-3-4-5-6-10-13-21-16-18(20)15-19-14-17-11-8-7-9-12-17/h7-8,17-20H,2-6,9-16H2,1H3. The summed E-state index contributed by atoms with van der Waals surface area (Å²) in [5.74, 6) is 0.742. The second kappa shape index (κ2) is 13.3. The van der Waals surface area contributed by atoms with Crippen LogP contribution in [0.1, 0.15) is 64.7 Å². The first-order chi connectivity index (χ1) is 10.3. The molecule has 0 spiro atoms. The number of hydrogen-bond acceptors (Lipinski definition) is 3. The minimum Gasteiger partial charge on any atom is -0.389 e. The third-order valence-electron chi connectivity index (χ3n) is 4.14. The van der Waals surface area contributed by atoms with Crippen LogP contribution in [0.4, 0.5) is 0 Å². The number of rotatable bonds is 13. The Morgan fingerprint density at radius 2 is 2.00 bits per heavy atom. The van der Waals surface area contributed by atoms with Gasteiger partial charge in [0.1, 0.15) is 0 Å². The Morgan fingerprint density at radius 1 is 1.19 bits per heavy atom. The van der Waals surface area contributed by atoms with Gasteiger partial charge in [-0.3, -0.25) is 0 Å². The van der Waals surface area contributed by atoms with Crippen LogP contribution in [0.2, 0.25) is 0 Å². The van der Waals surface area contributed by atoms with E-state index in [0.717, 1.165) is 25.5 Å². The summed E-state index contributed by atoms with van der Waals surface area (Å²) in [6.07, 6.45) is 15.5. The molecule has 124 valence electrons. The number of aliphatic hydroxyl groups excluding tert-OH is 1. The highest BCUT2D eigenvalue weighted by atomic mass is 16.5. The van der Waals surface area contributed by atoms with Crippen LogP contribution in [0.25, 0.3) is 0 Å². The number of aliphatic hydroxyl groups is 1. The number of hydrogen-bond donors (Lipinski definition) is 2. The zero-order valence-electron chi connectivity index (χ0n) is 13.9. The van der Waals surface area contributed by atoms with E-state index in [4.69, 9.17) is 4.74 Å². The van der Waals surface area contributed by atoms with E-state index >= 15 is 0 Å². The van der Waals surface area contributed by atoms with E-state index < -0.39 is 0 Å². The van der Waals surface area contributed by atoms with Gasteiger partial charge < -0.3 is 15.2 Å². The van der Waals surface area contributed by atoms with E-state index in [1.54, 1.807) is 0 Å². The molecule has 0 saturated carbocycles. The summed E-state index contributed by atoms with van der Waals surface area (Å²) in [5, 5.41) is 13.2. The SMILES string of the molecule is CCCCCCCCOCC(O)CNCC1CC=CCC1. The molecule has 0 fully saturated rings. The van der Waals surface area contributed by atoms with Crippen molar-refractivity contribution >= 4 is 0 Å². The monoisotopic (exact) mass is 297 g/mol. The number of ether oxygens (including phenoxy) is 1. The van der Waals surface area contributed by atoms with Crippen LogP contribution < -0.4 is 5.32 Å². The van der Waals surface area contributed by atoms with Gasteiger partial charge in [-0.25, -0.2) is 0 Å². The van der Waals surface area contributed by atoms with Crippen molar-refractivity contribution in [3.63, 3.8) is 0 Å². The number of unbranched alkanes of at least 4 members (excludes halogenated alkanes) is 5. The first kappa shape index (κ1) is 18.7. The summed E-state index contributed by atoms with van der Waals surface area (Å²) >= 11 is 0. The van der Waals surface area contributed by atoms with Gasteiger partial charge in [-0.2, -0.15) is 0 Å². The molecule has 0 saturated heterocycles. The fraction of sp³-hybridized carbons (Fsp3) is 0.889. The molecule has 0 bridgehead atoms. The highest BCUT2D eigenvalue weighted by molar-refractivity contribution is 4.90. The lowest BCUT2D eigenvalue weighted by Crippen LogP contribution is -2.33. The van der Waals surface area contributed by atoms with E-state index in [-0.39, 0.29) is 6.10 Å². The molecule has 3 heteroatoms. The lowest BCUT2D eigenvalue weighted by atomic mass is 9.94. The molecule has 21 heavy (non-hydrogen) atoms. The van der Waals surface area contributed by atoms with Gasteiger partial charge in [-0.15, -0.1) is 0 Å². The van der Waals surface area contributed by atoms with Gasteiger partial charge >= 0.3 is 0 Å². The van der Waals surface area contributed by atoms with E-state index in [1.807, 2.05) is 0 Å². The van der Waals surface area contributed by atoms with E-state index in [9.17, 15) is 5.11 Å². The van der Waals surface area contributed by atoms with Crippen molar-refractivity contribution in [3.05, 3.63) is 12.2 Å². The van der Waals surface area contributed by atoms with Crippen LogP contribution in [-0.2, 0) is 4.74 Å². The topological polar surface area (TPSA) is 41.5 Å². The lowest BCUT2D eigenvalue weighted by Gasteiger charge is -2.19. The molecule has 0 aromatic carbocycles. The van der Waals surface area contributed by atoms with Crippen LogP contribution in [-0.4, -0.2) is 37.5 Å². The van der Waals surface area contributed by atoms with Gasteiger partial charge in [0.2, 0.25) is 0 Å². The number of nitrogens with one attached hydrogen (secondary N) is 1. The average Bonchev–Trinajstić information content (AvgIpc) is 2.51. The fourth-order valence-corrected chi connectivity index (χ4v) is 2.76. The molecule has 1 aliphatic carbocycles. The van der Waals surface area contributed by atoms with Gasteiger partial charge in [-0.05, 0) is 38.1 Å². The predicted molar refractivity (Wildman–Crippen MR) is 89.6 cm³/mol. The van der Waals surface area contributed by atoms with E-state index in [0.29, 0.717) is 13.2 Å². The van der Waals surface area contributed by atoms with Gasteiger partial charge in [0, 0.05) is 13.2 Å². The maximum absolute atomic E-state index is 9.85. The Kier molecular flexibility index (Phi) is 11.8. The molecule has 1 rings (SSSR count). The Bertz CT molecular complexity index is 256. The van der Waals surface area contributed by atoms with Gasteiger partial charge in [0.15, 0.2) is 0 Å². The summed E-state index contributed by atoms with van der Waals surface area (Å²) in [6.45, 7) is 5.15. The summed E-state index contributed by atoms with van der Waals surface area (Å²) in [5.41, 5.74) is 0. The molecule has 0 aromatic heterocycles. The third-order valence-corrected chi connectivity index (χ3v) is 4.14. The second-order valence-electron chi connectivity index (χ2n) is 6.31. The van der Waals surface area contributed by atoms with Crippen molar-refractivity contribution in [2.45, 2.75) is 70.8 Å². The van der Waals surface area contributed by atoms with Crippen LogP contribution >= 0.6 is 0 Å². The zero-order valence-corrected chi connectivity index (χ0v) is 13.9. The molecular formula is C18H35NO2. The zero-order chi connectivity index (χ0) is 15.2. The normalized spacial score (nSPS) is 19.8. The molecule has 2 N–H and O–H groups in total. The molecule has 1 aliphatic rings. The van der Waals surface area contributed by atoms with Crippen LogP contribution in [0.3, 0.4) is 0 Å². The van der Waals surface area contributed by atoms with Gasteiger partial charge in [0.25, 0.3) is 0 Å². The third kappa shape index (κ3) is 10.9. The van der Waals surface area contributed by atoms with Crippen molar-refractivity contribution in [3.8, 4) is 0 Å². The fourth-order valence-electron chi connectivity index (χ4n) is 2.76. The largest absolute Gasteiger partial charge is 0.389 e. The maximum atomic E-state index is 9.85. The van der Waals surface area contributed by atoms with Crippen molar-refractivity contribution in [1.82, 2.24) is 5.32 Å². The van der Waals surface area contributed by atoms with Gasteiger partial charge in [0.05, 0.1) is 12.7 Å². The molecule has 0 amide bonds. The molecule has 0 aliphatic heterocycles. The first-order valence-electron chi connectivity index (χ1n) is 8.94. The van der Waals surface area contributed by atoms with Crippen LogP contribution in [0.5, 0.6) is 0 Å². The van der Waals surface area contributed by atoms with Gasteiger partial charge in [-0.1, -0.05) is 51.2 Å². The number of allylic oxidation sites excluding steroid dienone is 2. The summed E-state index contributed by atoms with van der Waals surface area (Å²) < 4.78 is 5.54. The summed E-state index contributed by atoms with van der Waals surface area (Å²) in [7, 11) is 0. The maximum Gasteiger partial charge on any atom is 0.0897 e. The summed E-state index contributed by atoms with van der Waals surface area (Å²) in [4.78, 5) is 0. The molecule has 0 radical (unpaired) electrons. The predicted octanol–water partition coefficient (Wildman–Crippen LogP) is 3.67. The molecule has 0 heterocycles. The summed E-state index contributed by atoms with van der Waals surface area (Å²) in [6, 6.07) is 0. The molecule has 2 atom stereocenters. The minimum absolute atomic E-state index is 0.371. The minimum atomic E-state index is -0.371. The first-order valence-corrected chi connectivity index (χ1v) is 8.94. The Labute approximate surface area is 131 Å². The van der Waals surface area contributed by atoms with E-state index in [1.165, 1.54) is 51.4 Å². The quantitative estimate of drug-likeness (QED) is 0.402. The van der Waals surface area contributed by atoms with Crippen molar-refractivity contribution in [1.29, 1.82) is 0 Å². The molecule has 2 unspecified atom stereocenters. The smallest absolute Gasteiger partial charge is 0.0897 e. The lowest BCUT2D eigenvalue weighted by molar-refractivity contribution is 0.0350. The average molecular weight is 297 g/mol. The van der Waals surface area contributed by atoms with Crippen molar-refractivity contribution in [2.75, 3.05) is 26.3 Å².